The fourth-order valence-corrected chi connectivity index (χ4v) is 2.40. The highest BCUT2D eigenvalue weighted by molar-refractivity contribution is 6.39. The van der Waals surface area contributed by atoms with E-state index in [0.29, 0.717) is 28.5 Å². The molecule has 7 heteroatoms. The third-order valence-corrected chi connectivity index (χ3v) is 3.81. The van der Waals surface area contributed by atoms with Crippen LogP contribution < -0.4 is 20.2 Å². The molecule has 29 heavy (non-hydrogen) atoms. The van der Waals surface area contributed by atoms with Gasteiger partial charge < -0.3 is 14.8 Å². The van der Waals surface area contributed by atoms with Crippen molar-refractivity contribution in [3.8, 4) is 17.2 Å². The van der Waals surface area contributed by atoms with E-state index in [1.807, 2.05) is 42.5 Å². The van der Waals surface area contributed by atoms with Crippen LogP contribution in [0.15, 0.2) is 84.0 Å². The molecule has 7 nitrogen and oxygen atoms in total. The molecule has 0 heterocycles. The van der Waals surface area contributed by atoms with E-state index in [-0.39, 0.29) is 0 Å². The predicted octanol–water partition coefficient (Wildman–Crippen LogP) is 3.58. The van der Waals surface area contributed by atoms with Crippen LogP contribution >= 0.6 is 0 Å². The normalized spacial score (nSPS) is 10.4. The second-order valence-electron chi connectivity index (χ2n) is 5.83. The molecule has 0 spiro atoms. The highest BCUT2D eigenvalue weighted by atomic mass is 16.5. The van der Waals surface area contributed by atoms with Crippen molar-refractivity contribution in [2.24, 2.45) is 5.10 Å². The molecular formula is C22H19N3O4. The molecule has 0 aliphatic heterocycles. The molecule has 2 N–H and O–H groups in total. The van der Waals surface area contributed by atoms with Crippen molar-refractivity contribution in [2.45, 2.75) is 0 Å². The van der Waals surface area contributed by atoms with Crippen molar-refractivity contribution in [1.29, 1.82) is 0 Å². The number of rotatable bonds is 6. The van der Waals surface area contributed by atoms with Crippen LogP contribution in [0.1, 0.15) is 5.56 Å². The SMILES string of the molecule is COc1ccccc1/C=N/NC(=O)C(=O)Nc1ccc(Oc2ccccc2)cc1. The van der Waals surface area contributed by atoms with Crippen molar-refractivity contribution in [2.75, 3.05) is 12.4 Å². The number of hydrogen-bond donors (Lipinski definition) is 2. The maximum Gasteiger partial charge on any atom is 0.329 e. The summed E-state index contributed by atoms with van der Waals surface area (Å²) in [6, 6.07) is 23.2. The molecule has 0 saturated heterocycles. The molecule has 0 radical (unpaired) electrons. The minimum Gasteiger partial charge on any atom is -0.496 e. The van der Waals surface area contributed by atoms with Crippen molar-refractivity contribution in [3.05, 3.63) is 84.4 Å². The van der Waals surface area contributed by atoms with E-state index in [1.165, 1.54) is 13.3 Å². The Bertz CT molecular complexity index is 1000. The first-order chi connectivity index (χ1) is 14.2. The number of para-hydroxylation sites is 2. The average Bonchev–Trinajstić information content (AvgIpc) is 2.76. The number of methoxy groups -OCH3 is 1. The van der Waals surface area contributed by atoms with Crippen LogP contribution in [0.5, 0.6) is 17.2 Å². The first kappa shape index (κ1) is 19.6. The molecule has 3 aromatic carbocycles. The van der Waals surface area contributed by atoms with Gasteiger partial charge in [-0.15, -0.1) is 0 Å². The quantitative estimate of drug-likeness (QED) is 0.383. The molecule has 3 aromatic rings. The standard InChI is InChI=1S/C22H19N3O4/c1-28-20-10-6-5-7-16(20)15-23-25-22(27)21(26)24-17-11-13-19(14-12-17)29-18-8-3-2-4-9-18/h2-15H,1H3,(H,24,26)(H,25,27)/b23-15+. The van der Waals surface area contributed by atoms with Gasteiger partial charge in [0, 0.05) is 11.3 Å². The number of carbonyl (C=O) groups excluding carboxylic acids is 2. The number of hydrogen-bond acceptors (Lipinski definition) is 5. The number of benzene rings is 3. The Hall–Kier alpha value is -4.13. The number of anilines is 1. The first-order valence-electron chi connectivity index (χ1n) is 8.76. The van der Waals surface area contributed by atoms with Gasteiger partial charge in [-0.3, -0.25) is 9.59 Å². The average molecular weight is 389 g/mol. The van der Waals surface area contributed by atoms with Gasteiger partial charge in [-0.2, -0.15) is 5.10 Å². The minimum atomic E-state index is -0.888. The molecule has 0 bridgehead atoms. The molecule has 0 aliphatic carbocycles. The van der Waals surface area contributed by atoms with E-state index in [2.05, 4.69) is 15.8 Å². The summed E-state index contributed by atoms with van der Waals surface area (Å²) in [5, 5.41) is 6.29. The van der Waals surface area contributed by atoms with Crippen LogP contribution in [0.3, 0.4) is 0 Å². The Morgan fingerprint density at radius 2 is 1.48 bits per heavy atom. The summed E-state index contributed by atoms with van der Waals surface area (Å²) in [4.78, 5) is 23.9. The fourth-order valence-electron chi connectivity index (χ4n) is 2.40. The van der Waals surface area contributed by atoms with Crippen LogP contribution in [0.2, 0.25) is 0 Å². The van der Waals surface area contributed by atoms with Crippen LogP contribution in [-0.2, 0) is 9.59 Å². The second kappa shape index (κ2) is 9.70. The topological polar surface area (TPSA) is 89.0 Å². The van der Waals surface area contributed by atoms with Crippen LogP contribution in [0, 0.1) is 0 Å². The van der Waals surface area contributed by atoms with Gasteiger partial charge >= 0.3 is 11.8 Å². The van der Waals surface area contributed by atoms with Gasteiger partial charge in [0.15, 0.2) is 0 Å². The lowest BCUT2D eigenvalue weighted by Gasteiger charge is -2.07. The summed E-state index contributed by atoms with van der Waals surface area (Å²) in [5.74, 6) is 0.198. The van der Waals surface area contributed by atoms with E-state index in [9.17, 15) is 9.59 Å². The molecule has 0 aliphatic rings. The van der Waals surface area contributed by atoms with E-state index in [1.54, 1.807) is 36.4 Å². The molecular weight excluding hydrogens is 370 g/mol. The monoisotopic (exact) mass is 389 g/mol. The fraction of sp³-hybridized carbons (Fsp3) is 0.0455. The molecule has 0 saturated carbocycles. The van der Waals surface area contributed by atoms with Crippen LogP contribution in [0.4, 0.5) is 5.69 Å². The summed E-state index contributed by atoms with van der Waals surface area (Å²) in [6.07, 6.45) is 1.40. The smallest absolute Gasteiger partial charge is 0.329 e. The van der Waals surface area contributed by atoms with Crippen molar-refractivity contribution in [3.63, 3.8) is 0 Å². The lowest BCUT2D eigenvalue weighted by atomic mass is 10.2. The summed E-state index contributed by atoms with van der Waals surface area (Å²) >= 11 is 0. The van der Waals surface area contributed by atoms with Crippen LogP contribution in [-0.4, -0.2) is 25.1 Å². The lowest BCUT2D eigenvalue weighted by molar-refractivity contribution is -0.136. The van der Waals surface area contributed by atoms with E-state index in [0.717, 1.165) is 0 Å². The Balaban J connectivity index is 1.52. The molecule has 0 fully saturated rings. The summed E-state index contributed by atoms with van der Waals surface area (Å²) in [6.45, 7) is 0. The van der Waals surface area contributed by atoms with Crippen molar-refractivity contribution in [1.82, 2.24) is 5.43 Å². The van der Waals surface area contributed by atoms with E-state index in [4.69, 9.17) is 9.47 Å². The maximum atomic E-state index is 12.0. The van der Waals surface area contributed by atoms with Gasteiger partial charge in [0.1, 0.15) is 17.2 Å². The molecule has 0 unspecified atom stereocenters. The van der Waals surface area contributed by atoms with Gasteiger partial charge in [0.25, 0.3) is 0 Å². The van der Waals surface area contributed by atoms with Crippen molar-refractivity contribution < 1.29 is 19.1 Å². The summed E-state index contributed by atoms with van der Waals surface area (Å²) < 4.78 is 10.9. The zero-order chi connectivity index (χ0) is 20.5. The minimum absolute atomic E-state index is 0.458. The maximum absolute atomic E-state index is 12.0. The highest BCUT2D eigenvalue weighted by Gasteiger charge is 2.13. The number of nitrogens with zero attached hydrogens (tertiary/aromatic N) is 1. The Kier molecular flexibility index (Phi) is 6.57. The van der Waals surface area contributed by atoms with E-state index >= 15 is 0 Å². The van der Waals surface area contributed by atoms with Gasteiger partial charge in [-0.25, -0.2) is 5.43 Å². The third kappa shape index (κ3) is 5.67. The van der Waals surface area contributed by atoms with Gasteiger partial charge in [-0.1, -0.05) is 30.3 Å². The lowest BCUT2D eigenvalue weighted by Crippen LogP contribution is -2.32. The number of hydrazone groups is 1. The van der Waals surface area contributed by atoms with Gasteiger partial charge in [0.2, 0.25) is 0 Å². The van der Waals surface area contributed by atoms with Gasteiger partial charge in [-0.05, 0) is 48.5 Å². The number of ether oxygens (including phenoxy) is 2. The molecule has 3 rings (SSSR count). The molecule has 146 valence electrons. The summed E-state index contributed by atoms with van der Waals surface area (Å²) in [7, 11) is 1.54. The second-order valence-corrected chi connectivity index (χ2v) is 5.83. The Morgan fingerprint density at radius 3 is 2.21 bits per heavy atom. The molecule has 2 amide bonds. The molecule has 0 atom stereocenters. The third-order valence-electron chi connectivity index (χ3n) is 3.81. The Morgan fingerprint density at radius 1 is 0.828 bits per heavy atom. The first-order valence-corrected chi connectivity index (χ1v) is 8.76. The largest absolute Gasteiger partial charge is 0.496 e. The van der Waals surface area contributed by atoms with E-state index < -0.39 is 11.8 Å². The predicted molar refractivity (Wildman–Crippen MR) is 110 cm³/mol. The Labute approximate surface area is 168 Å². The van der Waals surface area contributed by atoms with Gasteiger partial charge in [0.05, 0.1) is 13.3 Å². The van der Waals surface area contributed by atoms with Crippen molar-refractivity contribution >= 4 is 23.7 Å². The zero-order valence-corrected chi connectivity index (χ0v) is 15.7. The molecule has 0 aromatic heterocycles. The zero-order valence-electron chi connectivity index (χ0n) is 15.7. The number of amides is 2. The van der Waals surface area contributed by atoms with Crippen LogP contribution in [0.25, 0.3) is 0 Å². The highest BCUT2D eigenvalue weighted by Crippen LogP contribution is 2.22. The number of carbonyl (C=O) groups is 2. The number of nitrogens with one attached hydrogen (secondary N) is 2. The summed E-state index contributed by atoms with van der Waals surface area (Å²) in [5.41, 5.74) is 3.31.